The molecule has 0 aromatic rings. The fraction of sp³-hybridized carbons (Fsp3) is 0.667. The van der Waals surface area contributed by atoms with Crippen LogP contribution >= 0.6 is 0 Å². The zero-order valence-corrected chi connectivity index (χ0v) is 10.4. The molecular weight excluding hydrogens is 277 g/mol. The van der Waals surface area contributed by atoms with Crippen molar-refractivity contribution in [2.75, 3.05) is 13.3 Å². The molecule has 0 aliphatic carbocycles. The maximum Gasteiger partial charge on any atom is 2.00 e. The Kier molecular flexibility index (Phi) is 15.0. The minimum absolute atomic E-state index is 0. The largest absolute Gasteiger partial charge is 2.00 e. The number of carbonyl (C=O) groups is 2. The molecule has 2 atom stereocenters. The molecule has 4 nitrogen and oxygen atoms in total. The van der Waals surface area contributed by atoms with E-state index in [1.807, 2.05) is 0 Å². The van der Waals surface area contributed by atoms with Crippen molar-refractivity contribution in [2.24, 2.45) is 0 Å². The summed E-state index contributed by atoms with van der Waals surface area (Å²) in [5.74, 6) is -4.00. The number of alkyl halides is 4. The number of carboxylic acids is 2. The van der Waals surface area contributed by atoms with E-state index in [9.17, 15) is 37.4 Å². The van der Waals surface area contributed by atoms with Crippen LogP contribution in [0.4, 0.5) is 17.6 Å². The minimum atomic E-state index is -2.46. The van der Waals surface area contributed by atoms with Crippen molar-refractivity contribution in [3.05, 3.63) is 0 Å². The van der Waals surface area contributed by atoms with Crippen molar-refractivity contribution in [3.63, 3.8) is 0 Å². The average molecular weight is 283 g/mol. The summed E-state index contributed by atoms with van der Waals surface area (Å²) in [5.41, 5.74) is 0. The van der Waals surface area contributed by atoms with Crippen LogP contribution in [0.5, 0.6) is 0 Å². The van der Waals surface area contributed by atoms with Crippen LogP contribution in [0.15, 0.2) is 0 Å². The number of hydrogen-bond acceptors (Lipinski definition) is 4. The van der Waals surface area contributed by atoms with Crippen molar-refractivity contribution >= 4 is 11.9 Å². The van der Waals surface area contributed by atoms with Crippen molar-refractivity contribution in [1.82, 2.24) is 0 Å². The molecule has 0 fully saturated rings. The molecule has 0 radical (unpaired) electrons. The van der Waals surface area contributed by atoms with Gasteiger partial charge in [-0.3, -0.25) is 0 Å². The van der Waals surface area contributed by atoms with Gasteiger partial charge < -0.3 is 19.8 Å². The SMILES string of the molecule is O=C([O-])C(F)CF.O=C([O-])C(F)CF.[Zn+2]. The number of aliphatic carboxylic acids is 2. The topological polar surface area (TPSA) is 80.3 Å². The molecule has 0 aliphatic heterocycles. The van der Waals surface area contributed by atoms with Gasteiger partial charge in [-0.15, -0.1) is 0 Å². The number of rotatable bonds is 4. The fourth-order valence-electron chi connectivity index (χ4n) is 0.126. The molecule has 0 saturated carbocycles. The van der Waals surface area contributed by atoms with Gasteiger partial charge >= 0.3 is 19.5 Å². The molecule has 2 unspecified atom stereocenters. The molecule has 0 heterocycles. The maximum absolute atomic E-state index is 11.2. The predicted octanol–water partition coefficient (Wildman–Crippen LogP) is -1.91. The minimum Gasteiger partial charge on any atom is -0.547 e. The van der Waals surface area contributed by atoms with Crippen LogP contribution in [0.3, 0.4) is 0 Å². The number of hydrogen-bond donors (Lipinski definition) is 0. The molecule has 0 aromatic heterocycles. The Morgan fingerprint density at radius 1 is 0.933 bits per heavy atom. The van der Waals surface area contributed by atoms with E-state index in [0.717, 1.165) is 0 Å². The summed E-state index contributed by atoms with van der Waals surface area (Å²) in [6.45, 7) is -3.02. The summed E-state index contributed by atoms with van der Waals surface area (Å²) in [4.78, 5) is 18.4. The second-order valence-electron chi connectivity index (χ2n) is 1.88. The maximum atomic E-state index is 11.2. The van der Waals surface area contributed by atoms with E-state index in [4.69, 9.17) is 0 Å². The number of carboxylic acid groups (broad SMARTS) is 2. The van der Waals surface area contributed by atoms with Crippen molar-refractivity contribution in [3.8, 4) is 0 Å². The molecule has 0 amide bonds. The van der Waals surface area contributed by atoms with E-state index in [2.05, 4.69) is 0 Å². The molecule has 84 valence electrons. The average Bonchev–Trinajstić information content (AvgIpc) is 2.15. The van der Waals surface area contributed by atoms with Gasteiger partial charge in [0.05, 0.1) is 11.9 Å². The van der Waals surface area contributed by atoms with Gasteiger partial charge in [-0.05, 0) is 0 Å². The fourth-order valence-corrected chi connectivity index (χ4v) is 0.126. The van der Waals surface area contributed by atoms with Crippen molar-refractivity contribution < 1.29 is 56.8 Å². The first kappa shape index (κ1) is 19.8. The van der Waals surface area contributed by atoms with Gasteiger partial charge in [-0.2, -0.15) is 0 Å². The van der Waals surface area contributed by atoms with E-state index < -0.39 is 37.6 Å². The molecule has 0 rings (SSSR count). The summed E-state index contributed by atoms with van der Waals surface area (Å²) in [6.07, 6.45) is -4.92. The number of carbonyl (C=O) groups excluding carboxylic acids is 2. The molecule has 0 aliphatic rings. The van der Waals surface area contributed by atoms with E-state index in [-0.39, 0.29) is 19.5 Å². The quantitative estimate of drug-likeness (QED) is 0.445. The van der Waals surface area contributed by atoms with Crippen LogP contribution in [0.2, 0.25) is 0 Å². The third kappa shape index (κ3) is 13.3. The first-order chi connectivity index (χ1) is 6.36. The van der Waals surface area contributed by atoms with E-state index in [0.29, 0.717) is 0 Å². The van der Waals surface area contributed by atoms with Gasteiger partial charge in [0, 0.05) is 0 Å². The monoisotopic (exact) mass is 282 g/mol. The molecule has 0 bridgehead atoms. The Balaban J connectivity index is -0.000000180. The molecule has 15 heavy (non-hydrogen) atoms. The van der Waals surface area contributed by atoms with Crippen molar-refractivity contribution in [2.45, 2.75) is 12.3 Å². The Bertz CT molecular complexity index is 172. The molecule has 0 spiro atoms. The van der Waals surface area contributed by atoms with Crippen molar-refractivity contribution in [1.29, 1.82) is 0 Å². The third-order valence-corrected chi connectivity index (χ3v) is 0.782. The van der Waals surface area contributed by atoms with E-state index >= 15 is 0 Å². The Morgan fingerprint density at radius 3 is 1.13 bits per heavy atom. The van der Waals surface area contributed by atoms with Gasteiger partial charge in [-0.25, -0.2) is 17.6 Å². The van der Waals surface area contributed by atoms with Crippen LogP contribution in [-0.4, -0.2) is 37.6 Å². The standard InChI is InChI=1S/2C3H4F2O2.Zn/c2*4-1-2(5)3(6)7;/h2*2H,1H2,(H,6,7);/q;;+2/p-2. The van der Waals surface area contributed by atoms with Crippen LogP contribution in [0.25, 0.3) is 0 Å². The number of halogens is 4. The van der Waals surface area contributed by atoms with Gasteiger partial charge in [0.1, 0.15) is 13.3 Å². The summed E-state index contributed by atoms with van der Waals surface area (Å²) in [6, 6.07) is 0. The van der Waals surface area contributed by atoms with Gasteiger partial charge in [0.2, 0.25) is 0 Å². The summed E-state index contributed by atoms with van der Waals surface area (Å²) >= 11 is 0. The third-order valence-electron chi connectivity index (χ3n) is 0.782. The second-order valence-corrected chi connectivity index (χ2v) is 1.88. The van der Waals surface area contributed by atoms with Crippen LogP contribution in [-0.2, 0) is 29.1 Å². The van der Waals surface area contributed by atoms with Crippen LogP contribution < -0.4 is 10.2 Å². The molecular formula is C6H6F4O4Zn. The van der Waals surface area contributed by atoms with Gasteiger partial charge in [0.15, 0.2) is 12.3 Å². The van der Waals surface area contributed by atoms with E-state index in [1.54, 1.807) is 0 Å². The summed E-state index contributed by atoms with van der Waals surface area (Å²) < 4.78 is 44.1. The molecule has 0 aromatic carbocycles. The van der Waals surface area contributed by atoms with Crippen LogP contribution in [0, 0.1) is 0 Å². The molecule has 9 heteroatoms. The summed E-state index contributed by atoms with van der Waals surface area (Å²) in [7, 11) is 0. The van der Waals surface area contributed by atoms with Gasteiger partial charge in [0.25, 0.3) is 0 Å². The first-order valence-corrected chi connectivity index (χ1v) is 3.18. The molecule has 0 N–H and O–H groups in total. The Hall–Kier alpha value is -0.717. The smallest absolute Gasteiger partial charge is 0.547 e. The van der Waals surface area contributed by atoms with Crippen LogP contribution in [0.1, 0.15) is 0 Å². The van der Waals surface area contributed by atoms with E-state index in [1.165, 1.54) is 0 Å². The Morgan fingerprint density at radius 2 is 1.13 bits per heavy atom. The zero-order chi connectivity index (χ0) is 11.7. The first-order valence-electron chi connectivity index (χ1n) is 3.18. The second kappa shape index (κ2) is 11.4. The molecule has 0 saturated heterocycles. The summed E-state index contributed by atoms with van der Waals surface area (Å²) in [5, 5.41) is 18.4. The van der Waals surface area contributed by atoms with Gasteiger partial charge in [-0.1, -0.05) is 0 Å². The zero-order valence-electron chi connectivity index (χ0n) is 7.42. The predicted molar refractivity (Wildman–Crippen MR) is 31.8 cm³/mol. The Labute approximate surface area is 95.0 Å². The normalized spacial score (nSPS) is 12.5.